The molecule has 1 aromatic carbocycles. The first kappa shape index (κ1) is 22.8. The van der Waals surface area contributed by atoms with Crippen LogP contribution in [0, 0.1) is 0 Å². The van der Waals surface area contributed by atoms with Gasteiger partial charge in [-0.25, -0.2) is 18.0 Å². The Kier molecular flexibility index (Phi) is 6.65. The maximum absolute atomic E-state index is 12.9. The summed E-state index contributed by atoms with van der Waals surface area (Å²) in [6.45, 7) is 2.42. The lowest BCUT2D eigenvalue weighted by atomic mass is 10.0. The average Bonchev–Trinajstić information content (AvgIpc) is 3.09. The molecule has 0 spiro atoms. The smallest absolute Gasteiger partial charge is 0.409 e. The van der Waals surface area contributed by atoms with E-state index < -0.39 is 27.8 Å². The third-order valence-corrected chi connectivity index (χ3v) is 7.01. The number of anilines is 1. The highest BCUT2D eigenvalue weighted by Crippen LogP contribution is 2.38. The van der Waals surface area contributed by atoms with Gasteiger partial charge in [0, 0.05) is 17.7 Å². The number of nitrogens with one attached hydrogen (secondary N) is 1. The summed E-state index contributed by atoms with van der Waals surface area (Å²) in [7, 11) is -2.34. The summed E-state index contributed by atoms with van der Waals surface area (Å²) < 4.78 is 34.1. The fourth-order valence-electron chi connectivity index (χ4n) is 3.34. The van der Waals surface area contributed by atoms with Crippen LogP contribution in [-0.4, -0.2) is 57.8 Å². The van der Waals surface area contributed by atoms with E-state index in [0.29, 0.717) is 18.5 Å². The van der Waals surface area contributed by atoms with Crippen LogP contribution in [0.2, 0.25) is 0 Å². The molecule has 2 aromatic rings. The van der Waals surface area contributed by atoms with Crippen molar-refractivity contribution < 1.29 is 32.3 Å². The summed E-state index contributed by atoms with van der Waals surface area (Å²) in [5.41, 5.74) is 0.911. The van der Waals surface area contributed by atoms with E-state index in [9.17, 15) is 22.8 Å². The molecule has 1 aliphatic rings. The van der Waals surface area contributed by atoms with E-state index in [1.165, 1.54) is 30.2 Å². The second kappa shape index (κ2) is 9.06. The summed E-state index contributed by atoms with van der Waals surface area (Å²) in [5, 5.41) is 2.93. The average molecular weight is 467 g/mol. The Bertz CT molecular complexity index is 1140. The number of rotatable bonds is 5. The molecule has 2 heterocycles. The van der Waals surface area contributed by atoms with E-state index in [1.807, 2.05) is 0 Å². The van der Waals surface area contributed by atoms with Gasteiger partial charge in [-0.3, -0.25) is 4.79 Å². The summed E-state index contributed by atoms with van der Waals surface area (Å²) in [4.78, 5) is 39.6. The molecule has 0 saturated heterocycles. The molecule has 0 bridgehead atoms. The maximum Gasteiger partial charge on any atom is 0.409 e. The quantitative estimate of drug-likeness (QED) is 0.673. The van der Waals surface area contributed by atoms with Crippen LogP contribution in [0.1, 0.15) is 38.1 Å². The second-order valence-corrected chi connectivity index (χ2v) is 9.88. The van der Waals surface area contributed by atoms with Crippen LogP contribution in [0.25, 0.3) is 0 Å². The minimum absolute atomic E-state index is 0.0256. The lowest BCUT2D eigenvalue weighted by Crippen LogP contribution is -2.35. The molecule has 0 radical (unpaired) electrons. The number of esters is 1. The molecule has 31 heavy (non-hydrogen) atoms. The minimum Gasteiger partial charge on any atom is -0.462 e. The highest BCUT2D eigenvalue weighted by molar-refractivity contribution is 7.90. The Morgan fingerprint density at radius 2 is 1.94 bits per heavy atom. The molecule has 166 valence electrons. The number of carbonyl (C=O) groups excluding carboxylic acids is 3. The molecular formula is C20H22N2O7S2. The Hall–Kier alpha value is -2.92. The number of hydrogen-bond acceptors (Lipinski definition) is 8. The predicted octanol–water partition coefficient (Wildman–Crippen LogP) is 2.71. The molecule has 0 atom stereocenters. The van der Waals surface area contributed by atoms with Gasteiger partial charge in [0.25, 0.3) is 5.91 Å². The Morgan fingerprint density at radius 1 is 1.23 bits per heavy atom. The van der Waals surface area contributed by atoms with E-state index in [4.69, 9.17) is 9.47 Å². The second-order valence-electron chi connectivity index (χ2n) is 6.79. The van der Waals surface area contributed by atoms with Crippen LogP contribution < -0.4 is 5.32 Å². The topological polar surface area (TPSA) is 119 Å². The van der Waals surface area contributed by atoms with Gasteiger partial charge in [0.1, 0.15) is 5.00 Å². The number of fused-ring (bicyclic) bond motifs is 1. The van der Waals surface area contributed by atoms with Gasteiger partial charge in [-0.1, -0.05) is 12.1 Å². The number of hydrogen-bond donors (Lipinski definition) is 1. The van der Waals surface area contributed by atoms with Crippen molar-refractivity contribution >= 4 is 44.1 Å². The van der Waals surface area contributed by atoms with Crippen LogP contribution in [0.15, 0.2) is 29.2 Å². The number of methoxy groups -OCH3 is 1. The van der Waals surface area contributed by atoms with Crippen molar-refractivity contribution in [1.29, 1.82) is 0 Å². The van der Waals surface area contributed by atoms with Crippen molar-refractivity contribution in [3.05, 3.63) is 45.8 Å². The number of amides is 2. The van der Waals surface area contributed by atoms with Crippen LogP contribution in [0.5, 0.6) is 0 Å². The molecule has 0 aliphatic carbocycles. The number of carbonyl (C=O) groups is 3. The molecular weight excluding hydrogens is 444 g/mol. The molecule has 0 saturated carbocycles. The van der Waals surface area contributed by atoms with Gasteiger partial charge in [0.2, 0.25) is 0 Å². The monoisotopic (exact) mass is 466 g/mol. The van der Waals surface area contributed by atoms with Gasteiger partial charge in [0.15, 0.2) is 9.84 Å². The zero-order valence-corrected chi connectivity index (χ0v) is 18.9. The largest absolute Gasteiger partial charge is 0.462 e. The molecule has 2 amide bonds. The lowest BCUT2D eigenvalue weighted by molar-refractivity contribution is 0.0526. The van der Waals surface area contributed by atoms with Crippen molar-refractivity contribution in [2.24, 2.45) is 0 Å². The number of thiophene rings is 1. The van der Waals surface area contributed by atoms with Crippen molar-refractivity contribution in [1.82, 2.24) is 4.90 Å². The van der Waals surface area contributed by atoms with E-state index in [2.05, 4.69) is 5.32 Å². The Morgan fingerprint density at radius 3 is 2.58 bits per heavy atom. The Labute approximate surface area is 183 Å². The van der Waals surface area contributed by atoms with Gasteiger partial charge < -0.3 is 19.7 Å². The summed E-state index contributed by atoms with van der Waals surface area (Å²) in [6, 6.07) is 5.85. The molecule has 1 N–H and O–H groups in total. The standard InChI is InChI=1S/C20H22N2O7S2/c1-4-29-19(24)16-12-9-10-22(20(25)28-2)11-14(12)30-18(16)21-17(23)13-7-5-6-8-15(13)31(3,26)27/h5-8H,4,9-11H2,1-3H3,(H,21,23). The van der Waals surface area contributed by atoms with Gasteiger partial charge >= 0.3 is 12.1 Å². The molecule has 3 rings (SSSR count). The number of sulfone groups is 1. The van der Waals surface area contributed by atoms with Crippen LogP contribution in [0.3, 0.4) is 0 Å². The fraction of sp³-hybridized carbons (Fsp3) is 0.350. The summed E-state index contributed by atoms with van der Waals surface area (Å²) in [5.74, 6) is -1.24. The zero-order chi connectivity index (χ0) is 22.8. The van der Waals surface area contributed by atoms with Crippen molar-refractivity contribution in [2.45, 2.75) is 24.8 Å². The minimum atomic E-state index is -3.63. The molecule has 9 nitrogen and oxygen atoms in total. The number of ether oxygens (including phenoxy) is 2. The van der Waals surface area contributed by atoms with Gasteiger partial charge in [0.05, 0.1) is 36.3 Å². The van der Waals surface area contributed by atoms with E-state index in [-0.39, 0.29) is 34.2 Å². The summed E-state index contributed by atoms with van der Waals surface area (Å²) >= 11 is 1.15. The molecule has 0 unspecified atom stereocenters. The number of nitrogens with zero attached hydrogens (tertiary/aromatic N) is 1. The third-order valence-electron chi connectivity index (χ3n) is 4.73. The molecule has 1 aromatic heterocycles. The first-order valence-corrected chi connectivity index (χ1v) is 12.1. The SMILES string of the molecule is CCOC(=O)c1c(NC(=O)c2ccccc2S(C)(=O)=O)sc2c1CCN(C(=O)OC)C2. The Balaban J connectivity index is 2.00. The molecule has 11 heteroatoms. The first-order valence-electron chi connectivity index (χ1n) is 9.42. The maximum atomic E-state index is 12.9. The van der Waals surface area contributed by atoms with Crippen LogP contribution in [-0.2, 0) is 32.3 Å². The molecule has 0 fully saturated rings. The van der Waals surface area contributed by atoms with Crippen LogP contribution >= 0.6 is 11.3 Å². The highest BCUT2D eigenvalue weighted by atomic mass is 32.2. The zero-order valence-electron chi connectivity index (χ0n) is 17.3. The van der Waals surface area contributed by atoms with Gasteiger partial charge in [-0.05, 0) is 31.0 Å². The lowest BCUT2D eigenvalue weighted by Gasteiger charge is -2.25. The predicted molar refractivity (Wildman–Crippen MR) is 114 cm³/mol. The van der Waals surface area contributed by atoms with E-state index >= 15 is 0 Å². The summed E-state index contributed by atoms with van der Waals surface area (Å²) in [6.07, 6.45) is 0.934. The third kappa shape index (κ3) is 4.72. The number of benzene rings is 1. The fourth-order valence-corrected chi connectivity index (χ4v) is 5.48. The van der Waals surface area contributed by atoms with Crippen molar-refractivity contribution in [2.75, 3.05) is 31.8 Å². The van der Waals surface area contributed by atoms with E-state index in [1.54, 1.807) is 13.0 Å². The van der Waals surface area contributed by atoms with Crippen LogP contribution in [0.4, 0.5) is 9.80 Å². The van der Waals surface area contributed by atoms with Gasteiger partial charge in [-0.2, -0.15) is 0 Å². The normalized spacial score (nSPS) is 13.3. The van der Waals surface area contributed by atoms with Crippen molar-refractivity contribution in [3.63, 3.8) is 0 Å². The first-order chi connectivity index (χ1) is 14.7. The van der Waals surface area contributed by atoms with E-state index in [0.717, 1.165) is 22.5 Å². The highest BCUT2D eigenvalue weighted by Gasteiger charge is 2.32. The van der Waals surface area contributed by atoms with Gasteiger partial charge in [-0.15, -0.1) is 11.3 Å². The molecule has 1 aliphatic heterocycles. The van der Waals surface area contributed by atoms with Crippen molar-refractivity contribution in [3.8, 4) is 0 Å².